The highest BCUT2D eigenvalue weighted by Crippen LogP contribution is 2.66. The van der Waals surface area contributed by atoms with Gasteiger partial charge in [0, 0.05) is 99.1 Å². The Hall–Kier alpha value is -16.9. The molecule has 0 radical (unpaired) electrons. The zero-order valence-corrected chi connectivity index (χ0v) is 69.2. The first-order valence-electron chi connectivity index (χ1n) is 43.5. The Morgan fingerprint density at radius 2 is 0.461 bits per heavy atom. The van der Waals surface area contributed by atoms with E-state index in [4.69, 9.17) is 39.4 Å². The summed E-state index contributed by atoms with van der Waals surface area (Å²) < 4.78 is 14.6. The van der Waals surface area contributed by atoms with Crippen molar-refractivity contribution in [1.29, 1.82) is 0 Å². The lowest BCUT2D eigenvalue weighted by Crippen LogP contribution is -2.32. The number of hydrogen-bond donors (Lipinski definition) is 0. The Balaban J connectivity index is 0.000000139. The highest BCUT2D eigenvalue weighted by Gasteiger charge is 2.53. The van der Waals surface area contributed by atoms with Gasteiger partial charge in [0.15, 0.2) is 11.6 Å². The summed E-state index contributed by atoms with van der Waals surface area (Å²) in [5.41, 5.74) is 33.0. The van der Waals surface area contributed by atoms with Gasteiger partial charge in [-0.05, 0) is 121 Å². The van der Waals surface area contributed by atoms with Crippen LogP contribution in [0.2, 0.25) is 0 Å². The van der Waals surface area contributed by atoms with Gasteiger partial charge in [0.1, 0.15) is 23.0 Å². The quantitative estimate of drug-likeness (QED) is 0.125. The highest BCUT2D eigenvalue weighted by atomic mass is 16.5. The molecule has 0 saturated heterocycles. The van der Waals surface area contributed by atoms with Crippen molar-refractivity contribution in [2.24, 2.45) is 0 Å². The van der Waals surface area contributed by atoms with Crippen molar-refractivity contribution < 1.29 is 9.47 Å². The molecule has 8 nitrogen and oxygen atoms in total. The zero-order valence-electron chi connectivity index (χ0n) is 69.2. The first kappa shape index (κ1) is 73.8. The first-order chi connectivity index (χ1) is 63.4. The molecule has 22 aromatic rings. The molecule has 2 spiro atoms. The van der Waals surface area contributed by atoms with Crippen LogP contribution < -0.4 is 9.47 Å². The smallest absolute Gasteiger partial charge is 0.160 e. The van der Waals surface area contributed by atoms with Crippen LogP contribution in [0.5, 0.6) is 23.0 Å². The van der Waals surface area contributed by atoms with Gasteiger partial charge in [-0.1, -0.05) is 394 Å². The predicted molar refractivity (Wildman–Crippen MR) is 519 cm³/mol. The maximum absolute atomic E-state index is 7.30. The van der Waals surface area contributed by atoms with Gasteiger partial charge in [0.25, 0.3) is 0 Å². The van der Waals surface area contributed by atoms with Crippen molar-refractivity contribution in [2.45, 2.75) is 10.8 Å². The van der Waals surface area contributed by atoms with Crippen LogP contribution in [0.3, 0.4) is 0 Å². The van der Waals surface area contributed by atoms with E-state index in [9.17, 15) is 0 Å². The summed E-state index contributed by atoms with van der Waals surface area (Å²) in [5, 5.41) is 6.18. The second-order valence-electron chi connectivity index (χ2n) is 33.3. The van der Waals surface area contributed by atoms with Crippen LogP contribution in [0.15, 0.2) is 449 Å². The van der Waals surface area contributed by atoms with Crippen LogP contribution in [0.1, 0.15) is 44.5 Å². The Labute approximate surface area is 739 Å². The van der Waals surface area contributed by atoms with Crippen LogP contribution in [0.4, 0.5) is 0 Å². The van der Waals surface area contributed by atoms with Gasteiger partial charge >= 0.3 is 0 Å². The number of para-hydroxylation sites is 2. The Morgan fingerprint density at radius 3 is 0.891 bits per heavy atom. The average molecular weight is 1630 g/mol. The summed E-state index contributed by atoms with van der Waals surface area (Å²) in [6.45, 7) is 0. The summed E-state index contributed by atoms with van der Waals surface area (Å²) in [5.74, 6) is 4.79. The fourth-order valence-electron chi connectivity index (χ4n) is 20.6. The summed E-state index contributed by atoms with van der Waals surface area (Å²) >= 11 is 0. The lowest BCUT2D eigenvalue weighted by Gasteiger charge is -2.40. The third-order valence-corrected chi connectivity index (χ3v) is 26.3. The fourth-order valence-corrected chi connectivity index (χ4v) is 20.6. The summed E-state index contributed by atoms with van der Waals surface area (Å²) in [6, 6.07) is 159. The number of benzene rings is 18. The molecule has 4 aromatic heterocycles. The standard InChI is InChI=1S/2C60H37N3O/c1-4-17-38(18-5-1)41-23-16-24-42(35-41)53-37-54(63-59(62-53)40-21-8-3-9-22-40)43-31-34-52-47(36-43)56-46(57(61-52)39-19-6-2-7-20-39)32-33-51-58(56)64-55-30-15-14-29-50(55)60(51)48-27-12-10-25-44(48)45-26-11-13-28-49(45)60;1-4-16-39(17-5-1)53-37-54(63-59(62-53)42-20-8-3-9-21-42)40-30-28-38(29-31-40)43-32-35-52-47(36-43)56-46(57(61-52)41-18-6-2-7-19-41)33-34-51-58(56)64-55-27-15-14-26-50(55)60(51)48-24-12-10-22-44(48)45-23-11-13-25-49(45)60/h2*1-37H. The van der Waals surface area contributed by atoms with E-state index >= 15 is 0 Å². The summed E-state index contributed by atoms with van der Waals surface area (Å²) in [7, 11) is 0. The maximum Gasteiger partial charge on any atom is 0.160 e. The molecule has 0 amide bonds. The van der Waals surface area contributed by atoms with Crippen molar-refractivity contribution in [3.8, 4) is 158 Å². The molecule has 26 rings (SSSR count). The number of fused-ring (bicyclic) bond motifs is 26. The van der Waals surface area contributed by atoms with Crippen LogP contribution in [0, 0.1) is 0 Å². The van der Waals surface area contributed by atoms with Crippen molar-refractivity contribution in [3.63, 3.8) is 0 Å². The predicted octanol–water partition coefficient (Wildman–Crippen LogP) is 30.0. The molecule has 596 valence electrons. The number of pyridine rings is 2. The van der Waals surface area contributed by atoms with Crippen LogP contribution in [-0.4, -0.2) is 29.9 Å². The van der Waals surface area contributed by atoms with E-state index in [1.165, 1.54) is 44.5 Å². The number of ether oxygens (including phenoxy) is 2. The Bertz CT molecular complexity index is 8080. The second-order valence-corrected chi connectivity index (χ2v) is 33.3. The molecule has 0 unspecified atom stereocenters. The normalized spacial score (nSPS) is 12.9. The van der Waals surface area contributed by atoms with Gasteiger partial charge in [-0.15, -0.1) is 0 Å². The third kappa shape index (κ3) is 11.8. The van der Waals surface area contributed by atoms with E-state index in [1.807, 2.05) is 60.7 Å². The molecule has 2 aliphatic heterocycles. The minimum absolute atomic E-state index is 0.580. The summed E-state index contributed by atoms with van der Waals surface area (Å²) in [4.78, 5) is 31.5. The molecule has 0 atom stereocenters. The van der Waals surface area contributed by atoms with Crippen LogP contribution >= 0.6 is 0 Å². The van der Waals surface area contributed by atoms with Crippen LogP contribution in [0.25, 0.3) is 178 Å². The molecule has 18 aromatic carbocycles. The average Bonchev–Trinajstić information content (AvgIpc) is 1.48. The van der Waals surface area contributed by atoms with Crippen molar-refractivity contribution in [1.82, 2.24) is 29.9 Å². The largest absolute Gasteiger partial charge is 0.456 e. The molecule has 4 aliphatic rings. The van der Waals surface area contributed by atoms with Crippen molar-refractivity contribution in [3.05, 3.63) is 493 Å². The van der Waals surface area contributed by atoms with E-state index < -0.39 is 10.8 Å². The minimum Gasteiger partial charge on any atom is -0.456 e. The van der Waals surface area contributed by atoms with Gasteiger partial charge < -0.3 is 9.47 Å². The van der Waals surface area contributed by atoms with Crippen molar-refractivity contribution >= 4 is 43.4 Å². The second kappa shape index (κ2) is 30.0. The Kier molecular flexibility index (Phi) is 17.3. The molecular formula is C120H74N6O2. The molecule has 0 fully saturated rings. The van der Waals surface area contributed by atoms with Crippen LogP contribution in [-0.2, 0) is 10.8 Å². The molecule has 0 N–H and O–H groups in total. The van der Waals surface area contributed by atoms with Gasteiger partial charge in [-0.3, -0.25) is 0 Å². The fraction of sp³-hybridized carbons (Fsp3) is 0.0167. The number of nitrogens with zero attached hydrogens (tertiary/aromatic N) is 6. The van der Waals surface area contributed by atoms with E-state index in [2.05, 4.69) is 388 Å². The lowest BCUT2D eigenvalue weighted by atomic mass is 9.65. The van der Waals surface area contributed by atoms with Gasteiger partial charge in [0.2, 0.25) is 0 Å². The maximum atomic E-state index is 7.30. The highest BCUT2D eigenvalue weighted by molar-refractivity contribution is 6.18. The van der Waals surface area contributed by atoms with E-state index in [0.717, 1.165) is 190 Å². The first-order valence-corrected chi connectivity index (χ1v) is 43.5. The minimum atomic E-state index is -0.605. The number of rotatable bonds is 10. The molecule has 0 saturated carbocycles. The van der Waals surface area contributed by atoms with Gasteiger partial charge in [0.05, 0.1) is 56.0 Å². The molecule has 8 heteroatoms. The lowest BCUT2D eigenvalue weighted by molar-refractivity contribution is 0.442. The molecular weight excluding hydrogens is 1560 g/mol. The molecule has 6 heterocycles. The van der Waals surface area contributed by atoms with Gasteiger partial charge in [-0.2, -0.15) is 0 Å². The molecule has 0 bridgehead atoms. The molecule has 128 heavy (non-hydrogen) atoms. The topological polar surface area (TPSA) is 95.8 Å². The monoisotopic (exact) mass is 1630 g/mol. The molecule has 2 aliphatic carbocycles. The third-order valence-electron chi connectivity index (χ3n) is 26.3. The van der Waals surface area contributed by atoms with E-state index in [0.29, 0.717) is 11.6 Å². The summed E-state index contributed by atoms with van der Waals surface area (Å²) in [6.07, 6.45) is 0. The van der Waals surface area contributed by atoms with Gasteiger partial charge in [-0.25, -0.2) is 29.9 Å². The van der Waals surface area contributed by atoms with Crippen molar-refractivity contribution in [2.75, 3.05) is 0 Å². The van der Waals surface area contributed by atoms with E-state index in [-0.39, 0.29) is 0 Å². The number of aromatic nitrogens is 6. The SMILES string of the molecule is c1ccc(-c2cc(-c3ccc(-c4ccc5nc(-c6ccccc6)c6ccc7c(c6c5c4)Oc4ccccc4C74c5ccccc5-c5ccccc54)cc3)nc(-c3ccccc3)n2)cc1.c1ccc(-c2cccc(-c3cc(-c4ccc5nc(-c6ccccc6)c6ccc7c(c6c5c4)Oc4ccccc4C74c5ccccc5-c5ccccc54)nc(-c4ccccc4)n3)c2)cc1. The van der Waals surface area contributed by atoms with E-state index in [1.54, 1.807) is 0 Å². The zero-order chi connectivity index (χ0) is 84.4. The number of hydrogen-bond acceptors (Lipinski definition) is 8. The Morgan fingerprint density at radius 1 is 0.172 bits per heavy atom.